The van der Waals surface area contributed by atoms with Crippen molar-refractivity contribution in [2.75, 3.05) is 24.2 Å². The second-order valence-electron chi connectivity index (χ2n) is 6.70. The second-order valence-corrected chi connectivity index (χ2v) is 7.14. The molecule has 0 aliphatic carbocycles. The number of benzene rings is 2. The zero-order chi connectivity index (χ0) is 24.2. The summed E-state index contributed by atoms with van der Waals surface area (Å²) in [5.41, 5.74) is 2.58. The van der Waals surface area contributed by atoms with Gasteiger partial charge in [0, 0.05) is 48.8 Å². The lowest BCUT2D eigenvalue weighted by Gasteiger charge is -2.25. The standard InChI is InChI=1S/C23H23ClFN5O.C2H6/c1-3-30(22(26-2)17-9-11-27-12-10-17)15-16-5-4-6-19(13-16)28-23(31)29-21-14-18(24)7-8-20(21)25;1-2/h4-14H,3,15H2,1-2H3,(H2,28,29,31);1-2H3. The van der Waals surface area contributed by atoms with Gasteiger partial charge in [0.05, 0.1) is 5.69 Å². The Bertz CT molecular complexity index is 1080. The lowest BCUT2D eigenvalue weighted by atomic mass is 10.1. The molecule has 1 heterocycles. The average Bonchev–Trinajstić information content (AvgIpc) is 2.83. The number of amides is 2. The Labute approximate surface area is 199 Å². The number of pyridine rings is 1. The Morgan fingerprint density at radius 1 is 1.09 bits per heavy atom. The molecule has 33 heavy (non-hydrogen) atoms. The van der Waals surface area contributed by atoms with Crippen LogP contribution < -0.4 is 10.6 Å². The highest BCUT2D eigenvalue weighted by Gasteiger charge is 2.13. The number of anilines is 2. The van der Waals surface area contributed by atoms with Crippen LogP contribution in [0.2, 0.25) is 5.02 Å². The number of hydrogen-bond acceptors (Lipinski definition) is 3. The molecule has 0 radical (unpaired) electrons. The van der Waals surface area contributed by atoms with E-state index in [0.717, 1.165) is 23.5 Å². The highest BCUT2D eigenvalue weighted by Crippen LogP contribution is 2.20. The van der Waals surface area contributed by atoms with Crippen molar-refractivity contribution in [3.05, 3.63) is 89.0 Å². The number of nitrogens with one attached hydrogen (secondary N) is 2. The van der Waals surface area contributed by atoms with Crippen LogP contribution in [0.4, 0.5) is 20.6 Å². The number of aromatic nitrogens is 1. The van der Waals surface area contributed by atoms with Gasteiger partial charge in [-0.15, -0.1) is 0 Å². The molecule has 174 valence electrons. The van der Waals surface area contributed by atoms with E-state index in [4.69, 9.17) is 11.6 Å². The van der Waals surface area contributed by atoms with E-state index in [-0.39, 0.29) is 5.69 Å². The first-order valence-corrected chi connectivity index (χ1v) is 11.1. The van der Waals surface area contributed by atoms with Crippen LogP contribution in [0.3, 0.4) is 0 Å². The van der Waals surface area contributed by atoms with Crippen LogP contribution in [-0.4, -0.2) is 35.3 Å². The first kappa shape index (κ1) is 25.8. The number of rotatable bonds is 6. The quantitative estimate of drug-likeness (QED) is 0.322. The van der Waals surface area contributed by atoms with Gasteiger partial charge in [-0.3, -0.25) is 9.98 Å². The summed E-state index contributed by atoms with van der Waals surface area (Å²) in [6, 6.07) is 14.7. The number of nitrogens with zero attached hydrogens (tertiary/aromatic N) is 3. The molecule has 0 saturated heterocycles. The molecule has 0 unspecified atom stereocenters. The fourth-order valence-electron chi connectivity index (χ4n) is 3.14. The lowest BCUT2D eigenvalue weighted by Crippen LogP contribution is -2.31. The molecule has 0 fully saturated rings. The molecule has 3 aromatic rings. The highest BCUT2D eigenvalue weighted by atomic mass is 35.5. The maximum Gasteiger partial charge on any atom is 0.323 e. The van der Waals surface area contributed by atoms with E-state index in [9.17, 15) is 9.18 Å². The van der Waals surface area contributed by atoms with Crippen LogP contribution in [0.15, 0.2) is 72.0 Å². The summed E-state index contributed by atoms with van der Waals surface area (Å²) < 4.78 is 13.8. The largest absolute Gasteiger partial charge is 0.352 e. The van der Waals surface area contributed by atoms with Gasteiger partial charge in [0.15, 0.2) is 0 Å². The fourth-order valence-corrected chi connectivity index (χ4v) is 3.31. The Morgan fingerprint density at radius 2 is 1.82 bits per heavy atom. The molecule has 3 rings (SSSR count). The minimum atomic E-state index is -0.561. The summed E-state index contributed by atoms with van der Waals surface area (Å²) in [5.74, 6) is 0.298. The molecule has 2 amide bonds. The summed E-state index contributed by atoms with van der Waals surface area (Å²) >= 11 is 5.87. The molecule has 0 bridgehead atoms. The zero-order valence-electron chi connectivity index (χ0n) is 19.3. The van der Waals surface area contributed by atoms with Gasteiger partial charge in [0.25, 0.3) is 0 Å². The van der Waals surface area contributed by atoms with Gasteiger partial charge in [-0.2, -0.15) is 0 Å². The number of carbonyl (C=O) groups is 1. The van der Waals surface area contributed by atoms with Gasteiger partial charge in [-0.25, -0.2) is 9.18 Å². The van der Waals surface area contributed by atoms with E-state index in [0.29, 0.717) is 17.3 Å². The SMILES string of the molecule is CC.CCN(Cc1cccc(NC(=O)Nc2cc(Cl)ccc2F)c1)C(=NC)c1ccncc1. The van der Waals surface area contributed by atoms with Gasteiger partial charge in [-0.05, 0) is 55.0 Å². The molecule has 0 aliphatic rings. The Kier molecular flexibility index (Phi) is 10.3. The van der Waals surface area contributed by atoms with Gasteiger partial charge in [-0.1, -0.05) is 37.6 Å². The van der Waals surface area contributed by atoms with E-state index < -0.39 is 11.8 Å². The van der Waals surface area contributed by atoms with Gasteiger partial charge in [0.2, 0.25) is 0 Å². The molecule has 0 aliphatic heterocycles. The number of carbonyl (C=O) groups excluding carboxylic acids is 1. The smallest absolute Gasteiger partial charge is 0.323 e. The van der Waals surface area contributed by atoms with E-state index in [1.807, 2.05) is 44.2 Å². The van der Waals surface area contributed by atoms with E-state index >= 15 is 0 Å². The molecule has 0 saturated carbocycles. The minimum absolute atomic E-state index is 0.0134. The van der Waals surface area contributed by atoms with Gasteiger partial charge < -0.3 is 15.5 Å². The summed E-state index contributed by atoms with van der Waals surface area (Å²) in [6.07, 6.45) is 3.47. The summed E-state index contributed by atoms with van der Waals surface area (Å²) in [6.45, 7) is 7.41. The van der Waals surface area contributed by atoms with Crippen molar-refractivity contribution in [2.45, 2.75) is 27.3 Å². The van der Waals surface area contributed by atoms with E-state index in [1.165, 1.54) is 18.2 Å². The predicted octanol–water partition coefficient (Wildman–Crippen LogP) is 6.44. The Hall–Kier alpha value is -3.45. The maximum absolute atomic E-state index is 13.8. The lowest BCUT2D eigenvalue weighted by molar-refractivity contribution is 0.262. The first-order valence-electron chi connectivity index (χ1n) is 10.7. The average molecular weight is 470 g/mol. The van der Waals surface area contributed by atoms with Crippen LogP contribution in [0.1, 0.15) is 31.9 Å². The normalized spacial score (nSPS) is 10.7. The molecule has 1 aromatic heterocycles. The Balaban J connectivity index is 0.00000187. The van der Waals surface area contributed by atoms with Crippen LogP contribution in [0, 0.1) is 5.82 Å². The van der Waals surface area contributed by atoms with Crippen molar-refractivity contribution >= 4 is 34.8 Å². The minimum Gasteiger partial charge on any atom is -0.352 e. The maximum atomic E-state index is 13.8. The molecular formula is C25H29ClFN5O. The summed E-state index contributed by atoms with van der Waals surface area (Å²) in [7, 11) is 1.76. The predicted molar refractivity (Wildman–Crippen MR) is 135 cm³/mol. The van der Waals surface area contributed by atoms with Crippen LogP contribution in [0.5, 0.6) is 0 Å². The third-order valence-electron chi connectivity index (χ3n) is 4.57. The number of hydrogen-bond donors (Lipinski definition) is 2. The van der Waals surface area contributed by atoms with Crippen molar-refractivity contribution in [3.63, 3.8) is 0 Å². The Morgan fingerprint density at radius 3 is 2.48 bits per heavy atom. The number of amidine groups is 1. The molecule has 0 spiro atoms. The number of halogens is 2. The fraction of sp³-hybridized carbons (Fsp3) is 0.240. The topological polar surface area (TPSA) is 69.6 Å². The van der Waals surface area contributed by atoms with Crippen molar-refractivity contribution in [3.8, 4) is 0 Å². The third kappa shape index (κ3) is 7.57. The van der Waals surface area contributed by atoms with Crippen LogP contribution in [0.25, 0.3) is 0 Å². The van der Waals surface area contributed by atoms with Crippen molar-refractivity contribution in [1.29, 1.82) is 0 Å². The van der Waals surface area contributed by atoms with Crippen LogP contribution in [-0.2, 0) is 6.54 Å². The van der Waals surface area contributed by atoms with Crippen LogP contribution >= 0.6 is 11.6 Å². The summed E-state index contributed by atoms with van der Waals surface area (Å²) in [5, 5.41) is 5.54. The molecule has 0 atom stereocenters. The molecule has 6 nitrogen and oxygen atoms in total. The highest BCUT2D eigenvalue weighted by molar-refractivity contribution is 6.30. The molecule has 2 aromatic carbocycles. The van der Waals surface area contributed by atoms with E-state index in [2.05, 4.69) is 32.4 Å². The van der Waals surface area contributed by atoms with Crippen molar-refractivity contribution in [1.82, 2.24) is 9.88 Å². The monoisotopic (exact) mass is 469 g/mol. The van der Waals surface area contributed by atoms with Gasteiger partial charge in [0.1, 0.15) is 11.7 Å². The molecular weight excluding hydrogens is 441 g/mol. The molecule has 8 heteroatoms. The number of urea groups is 1. The van der Waals surface area contributed by atoms with Crippen molar-refractivity contribution < 1.29 is 9.18 Å². The first-order chi connectivity index (χ1) is 16.0. The number of aliphatic imine (C=N–C) groups is 1. The molecule has 2 N–H and O–H groups in total. The summed E-state index contributed by atoms with van der Waals surface area (Å²) in [4.78, 5) is 22.9. The van der Waals surface area contributed by atoms with E-state index in [1.54, 1.807) is 25.5 Å². The van der Waals surface area contributed by atoms with Crippen molar-refractivity contribution in [2.24, 2.45) is 4.99 Å². The van der Waals surface area contributed by atoms with Gasteiger partial charge >= 0.3 is 6.03 Å². The zero-order valence-corrected chi connectivity index (χ0v) is 20.0. The third-order valence-corrected chi connectivity index (χ3v) is 4.80. The second kappa shape index (κ2) is 13.2.